The largest absolute Gasteiger partial charge is 0.356 e. The molecule has 5 heteroatoms. The molecule has 21 heavy (non-hydrogen) atoms. The number of anilines is 1. The number of nitrogens with one attached hydrogen (secondary N) is 1. The van der Waals surface area contributed by atoms with Gasteiger partial charge in [-0.1, -0.05) is 0 Å². The fourth-order valence-corrected chi connectivity index (χ4v) is 2.73. The summed E-state index contributed by atoms with van der Waals surface area (Å²) in [6.07, 6.45) is 1.96. The number of carbonyl (C=O) groups excluding carboxylic acids is 1. The van der Waals surface area contributed by atoms with Crippen molar-refractivity contribution in [2.24, 2.45) is 5.92 Å². The van der Waals surface area contributed by atoms with E-state index >= 15 is 0 Å². The summed E-state index contributed by atoms with van der Waals surface area (Å²) >= 11 is 0. The first-order chi connectivity index (χ1) is 9.74. The second-order valence-corrected chi connectivity index (χ2v) is 6.94. The highest BCUT2D eigenvalue weighted by Gasteiger charge is 2.28. The average molecular weight is 290 g/mol. The standard InChI is InChI=1S/C16H26N4O/c1-11-9-14(18-12(2)17-11)20-8-6-7-13(10-20)15(21)19-16(3,4)5/h9,13H,6-8,10H2,1-5H3,(H,19,21). The molecule has 1 fully saturated rings. The molecule has 0 bridgehead atoms. The number of hydrogen-bond donors (Lipinski definition) is 1. The molecule has 5 nitrogen and oxygen atoms in total. The summed E-state index contributed by atoms with van der Waals surface area (Å²) in [5.74, 6) is 1.91. The van der Waals surface area contributed by atoms with Crippen LogP contribution in [0.1, 0.15) is 45.1 Å². The van der Waals surface area contributed by atoms with E-state index in [4.69, 9.17) is 0 Å². The first kappa shape index (κ1) is 15.7. The van der Waals surface area contributed by atoms with Crippen LogP contribution in [0.25, 0.3) is 0 Å². The Bertz CT molecular complexity index is 501. The van der Waals surface area contributed by atoms with Gasteiger partial charge in [0.05, 0.1) is 5.92 Å². The van der Waals surface area contributed by atoms with Crippen LogP contribution in [0.2, 0.25) is 0 Å². The number of rotatable bonds is 2. The van der Waals surface area contributed by atoms with Crippen molar-refractivity contribution >= 4 is 11.7 Å². The van der Waals surface area contributed by atoms with Gasteiger partial charge < -0.3 is 10.2 Å². The van der Waals surface area contributed by atoms with E-state index < -0.39 is 0 Å². The predicted molar refractivity (Wildman–Crippen MR) is 84.3 cm³/mol. The Hall–Kier alpha value is -1.65. The lowest BCUT2D eigenvalue weighted by Crippen LogP contribution is -2.48. The van der Waals surface area contributed by atoms with Gasteiger partial charge in [0.15, 0.2) is 0 Å². The van der Waals surface area contributed by atoms with Gasteiger partial charge in [-0.05, 0) is 47.5 Å². The molecule has 1 aliphatic rings. The summed E-state index contributed by atoms with van der Waals surface area (Å²) in [7, 11) is 0. The molecule has 1 amide bonds. The topological polar surface area (TPSA) is 58.1 Å². The molecule has 116 valence electrons. The molecule has 1 aromatic rings. The summed E-state index contributed by atoms with van der Waals surface area (Å²) < 4.78 is 0. The number of aryl methyl sites for hydroxylation is 2. The van der Waals surface area contributed by atoms with Gasteiger partial charge in [0.25, 0.3) is 0 Å². The highest BCUT2D eigenvalue weighted by Crippen LogP contribution is 2.23. The van der Waals surface area contributed by atoms with E-state index in [1.54, 1.807) is 0 Å². The second-order valence-electron chi connectivity index (χ2n) is 6.94. The number of nitrogens with zero attached hydrogens (tertiary/aromatic N) is 3. The van der Waals surface area contributed by atoms with Crippen molar-refractivity contribution in [3.63, 3.8) is 0 Å². The lowest BCUT2D eigenvalue weighted by atomic mass is 9.95. The number of carbonyl (C=O) groups is 1. The SMILES string of the molecule is Cc1cc(N2CCCC(C(=O)NC(C)(C)C)C2)nc(C)n1. The van der Waals surface area contributed by atoms with Crippen LogP contribution >= 0.6 is 0 Å². The lowest BCUT2D eigenvalue weighted by molar-refractivity contribution is -0.126. The molecule has 1 N–H and O–H groups in total. The van der Waals surface area contributed by atoms with E-state index in [9.17, 15) is 4.79 Å². The van der Waals surface area contributed by atoms with Crippen LogP contribution in [0.15, 0.2) is 6.07 Å². The zero-order valence-electron chi connectivity index (χ0n) is 13.7. The van der Waals surface area contributed by atoms with Crippen LogP contribution in [0.5, 0.6) is 0 Å². The summed E-state index contributed by atoms with van der Waals surface area (Å²) in [5.41, 5.74) is 0.792. The van der Waals surface area contributed by atoms with Gasteiger partial charge in [0.1, 0.15) is 11.6 Å². The van der Waals surface area contributed by atoms with E-state index in [-0.39, 0.29) is 17.4 Å². The summed E-state index contributed by atoms with van der Waals surface area (Å²) in [5, 5.41) is 3.09. The predicted octanol–water partition coefficient (Wildman–Crippen LogP) is 2.22. The molecule has 2 rings (SSSR count). The van der Waals surface area contributed by atoms with Gasteiger partial charge in [0, 0.05) is 30.4 Å². The quantitative estimate of drug-likeness (QED) is 0.907. The Morgan fingerprint density at radius 1 is 1.33 bits per heavy atom. The van der Waals surface area contributed by atoms with Crippen molar-refractivity contribution < 1.29 is 4.79 Å². The number of piperidine rings is 1. The van der Waals surface area contributed by atoms with Crippen molar-refractivity contribution in [1.82, 2.24) is 15.3 Å². The highest BCUT2D eigenvalue weighted by atomic mass is 16.2. The highest BCUT2D eigenvalue weighted by molar-refractivity contribution is 5.80. The molecule has 1 saturated heterocycles. The summed E-state index contributed by atoms with van der Waals surface area (Å²) in [6, 6.07) is 2.00. The van der Waals surface area contributed by atoms with E-state index in [1.807, 2.05) is 40.7 Å². The van der Waals surface area contributed by atoms with E-state index in [2.05, 4.69) is 20.2 Å². The minimum atomic E-state index is -0.179. The zero-order valence-corrected chi connectivity index (χ0v) is 13.7. The molecule has 1 atom stereocenters. The molecule has 1 aliphatic heterocycles. The van der Waals surface area contributed by atoms with E-state index in [0.717, 1.165) is 43.3 Å². The van der Waals surface area contributed by atoms with Crippen LogP contribution < -0.4 is 10.2 Å². The number of hydrogen-bond acceptors (Lipinski definition) is 4. The van der Waals surface area contributed by atoms with Crippen LogP contribution in [-0.2, 0) is 4.79 Å². The third-order valence-corrected chi connectivity index (χ3v) is 3.57. The van der Waals surface area contributed by atoms with Gasteiger partial charge in [0.2, 0.25) is 5.91 Å². The number of amides is 1. The third kappa shape index (κ3) is 4.41. The lowest BCUT2D eigenvalue weighted by Gasteiger charge is -2.34. The van der Waals surface area contributed by atoms with Crippen molar-refractivity contribution in [3.05, 3.63) is 17.6 Å². The smallest absolute Gasteiger partial charge is 0.225 e. The van der Waals surface area contributed by atoms with Crippen LogP contribution in [0.3, 0.4) is 0 Å². The molecular weight excluding hydrogens is 264 g/mol. The average Bonchev–Trinajstić information content (AvgIpc) is 2.36. The van der Waals surface area contributed by atoms with Gasteiger partial charge in [-0.2, -0.15) is 0 Å². The zero-order chi connectivity index (χ0) is 15.6. The first-order valence-corrected chi connectivity index (χ1v) is 7.64. The molecule has 0 aliphatic carbocycles. The Labute approximate surface area is 127 Å². The van der Waals surface area contributed by atoms with Crippen LogP contribution in [-0.4, -0.2) is 34.5 Å². The Kier molecular flexibility index (Phi) is 4.49. The molecule has 0 radical (unpaired) electrons. The van der Waals surface area contributed by atoms with Gasteiger partial charge in [-0.15, -0.1) is 0 Å². The van der Waals surface area contributed by atoms with Gasteiger partial charge >= 0.3 is 0 Å². The summed E-state index contributed by atoms with van der Waals surface area (Å²) in [4.78, 5) is 23.4. The van der Waals surface area contributed by atoms with Crippen molar-refractivity contribution in [3.8, 4) is 0 Å². The minimum absolute atomic E-state index is 0.0357. The van der Waals surface area contributed by atoms with Crippen molar-refractivity contribution in [2.75, 3.05) is 18.0 Å². The van der Waals surface area contributed by atoms with E-state index in [0.29, 0.717) is 0 Å². The van der Waals surface area contributed by atoms with Gasteiger partial charge in [-0.3, -0.25) is 4.79 Å². The fraction of sp³-hybridized carbons (Fsp3) is 0.688. The number of aromatic nitrogens is 2. The monoisotopic (exact) mass is 290 g/mol. The van der Waals surface area contributed by atoms with Crippen LogP contribution in [0.4, 0.5) is 5.82 Å². The molecule has 0 aromatic carbocycles. The fourth-order valence-electron chi connectivity index (χ4n) is 2.73. The third-order valence-electron chi connectivity index (χ3n) is 3.57. The van der Waals surface area contributed by atoms with Crippen LogP contribution in [0, 0.1) is 19.8 Å². The van der Waals surface area contributed by atoms with Crippen molar-refractivity contribution in [2.45, 2.75) is 53.0 Å². The molecule has 1 unspecified atom stereocenters. The normalized spacial score (nSPS) is 19.5. The minimum Gasteiger partial charge on any atom is -0.356 e. The Balaban J connectivity index is 2.08. The summed E-state index contributed by atoms with van der Waals surface area (Å²) in [6.45, 7) is 11.6. The molecule has 1 aromatic heterocycles. The second kappa shape index (κ2) is 6.00. The van der Waals surface area contributed by atoms with Crippen molar-refractivity contribution in [1.29, 1.82) is 0 Å². The Morgan fingerprint density at radius 3 is 2.67 bits per heavy atom. The maximum absolute atomic E-state index is 12.4. The first-order valence-electron chi connectivity index (χ1n) is 7.64. The van der Waals surface area contributed by atoms with Gasteiger partial charge in [-0.25, -0.2) is 9.97 Å². The molecule has 0 saturated carbocycles. The molecule has 2 heterocycles. The molecule has 0 spiro atoms. The molecular formula is C16H26N4O. The van der Waals surface area contributed by atoms with E-state index in [1.165, 1.54) is 0 Å². The maximum atomic E-state index is 12.4. The maximum Gasteiger partial charge on any atom is 0.225 e. The Morgan fingerprint density at radius 2 is 2.05 bits per heavy atom.